The average molecular weight is 300 g/mol. The normalized spacial score (nSPS) is 17.1. The van der Waals surface area contributed by atoms with Gasteiger partial charge in [-0.3, -0.25) is 4.79 Å². The van der Waals surface area contributed by atoms with Gasteiger partial charge in [0.25, 0.3) is 5.91 Å². The van der Waals surface area contributed by atoms with Gasteiger partial charge in [-0.15, -0.1) is 0 Å². The number of hydrogen-bond acceptors (Lipinski definition) is 3. The van der Waals surface area contributed by atoms with Crippen LogP contribution in [-0.2, 0) is 0 Å². The number of aromatic hydroxyl groups is 2. The second-order valence-electron chi connectivity index (χ2n) is 4.17. The Kier molecular flexibility index (Phi) is 3.57. The third kappa shape index (κ3) is 2.72. The van der Waals surface area contributed by atoms with E-state index in [0.717, 1.165) is 12.8 Å². The predicted octanol–water partition coefficient (Wildman–Crippen LogP) is 2.10. The summed E-state index contributed by atoms with van der Waals surface area (Å²) in [5, 5.41) is 18.8. The average Bonchev–Trinajstić information content (AvgIpc) is 2.29. The van der Waals surface area contributed by atoms with Gasteiger partial charge >= 0.3 is 0 Å². The van der Waals surface area contributed by atoms with E-state index in [1.54, 1.807) is 4.90 Å². The van der Waals surface area contributed by atoms with Crippen LogP contribution in [0.4, 0.5) is 0 Å². The van der Waals surface area contributed by atoms with E-state index in [2.05, 4.69) is 15.9 Å². The molecule has 5 heteroatoms. The summed E-state index contributed by atoms with van der Waals surface area (Å²) in [6, 6.07) is 4.04. The van der Waals surface area contributed by atoms with Crippen molar-refractivity contribution in [3.8, 4) is 11.5 Å². The molecule has 0 atom stereocenters. The van der Waals surface area contributed by atoms with E-state index in [4.69, 9.17) is 0 Å². The number of alkyl halides is 1. The molecule has 0 spiro atoms. The van der Waals surface area contributed by atoms with E-state index >= 15 is 0 Å². The monoisotopic (exact) mass is 299 g/mol. The highest BCUT2D eigenvalue weighted by Crippen LogP contribution is 2.26. The van der Waals surface area contributed by atoms with Gasteiger partial charge in [-0.2, -0.15) is 0 Å². The molecule has 0 unspecified atom stereocenters. The first-order chi connectivity index (χ1) is 8.08. The Morgan fingerprint density at radius 3 is 2.53 bits per heavy atom. The summed E-state index contributed by atoms with van der Waals surface area (Å²) in [7, 11) is 0. The van der Waals surface area contributed by atoms with E-state index in [-0.39, 0.29) is 23.0 Å². The van der Waals surface area contributed by atoms with Crippen LogP contribution in [0.15, 0.2) is 18.2 Å². The minimum atomic E-state index is -0.179. The van der Waals surface area contributed by atoms with E-state index in [9.17, 15) is 15.0 Å². The molecule has 1 fully saturated rings. The van der Waals surface area contributed by atoms with E-state index in [1.165, 1.54) is 18.2 Å². The first-order valence-corrected chi connectivity index (χ1v) is 6.45. The molecule has 0 aromatic heterocycles. The Bertz CT molecular complexity index is 428. The number of halogens is 1. The second-order valence-corrected chi connectivity index (χ2v) is 5.46. The Morgan fingerprint density at radius 2 is 1.94 bits per heavy atom. The number of carbonyl (C=O) groups excluding carboxylic acids is 1. The summed E-state index contributed by atoms with van der Waals surface area (Å²) < 4.78 is 0. The van der Waals surface area contributed by atoms with Crippen molar-refractivity contribution in [1.82, 2.24) is 4.90 Å². The summed E-state index contributed by atoms with van der Waals surface area (Å²) in [4.78, 5) is 14.3. The fourth-order valence-corrected chi connectivity index (χ4v) is 2.33. The van der Waals surface area contributed by atoms with Crippen molar-refractivity contribution in [2.45, 2.75) is 17.7 Å². The molecule has 17 heavy (non-hydrogen) atoms. The molecule has 2 rings (SSSR count). The second kappa shape index (κ2) is 4.96. The molecular weight excluding hydrogens is 286 g/mol. The molecule has 1 aromatic rings. The van der Waals surface area contributed by atoms with Crippen molar-refractivity contribution in [2.24, 2.45) is 0 Å². The summed E-state index contributed by atoms with van der Waals surface area (Å²) in [6.07, 6.45) is 1.84. The lowest BCUT2D eigenvalue weighted by Gasteiger charge is -2.29. The van der Waals surface area contributed by atoms with E-state index in [0.29, 0.717) is 17.9 Å². The quantitative estimate of drug-likeness (QED) is 0.781. The van der Waals surface area contributed by atoms with Crippen LogP contribution in [0.3, 0.4) is 0 Å². The molecule has 2 N–H and O–H groups in total. The van der Waals surface area contributed by atoms with Crippen molar-refractivity contribution in [1.29, 1.82) is 0 Å². The van der Waals surface area contributed by atoms with Gasteiger partial charge in [0.05, 0.1) is 5.56 Å². The van der Waals surface area contributed by atoms with E-state index in [1.807, 2.05) is 0 Å². The molecule has 0 saturated carbocycles. The molecule has 4 nitrogen and oxygen atoms in total. The van der Waals surface area contributed by atoms with Gasteiger partial charge in [-0.1, -0.05) is 15.9 Å². The van der Waals surface area contributed by atoms with Crippen LogP contribution >= 0.6 is 15.9 Å². The first-order valence-electron chi connectivity index (χ1n) is 5.53. The fraction of sp³-hybridized carbons (Fsp3) is 0.417. The van der Waals surface area contributed by atoms with Crippen molar-refractivity contribution in [3.05, 3.63) is 23.8 Å². The summed E-state index contributed by atoms with van der Waals surface area (Å²) in [5.74, 6) is -0.393. The van der Waals surface area contributed by atoms with Crippen molar-refractivity contribution < 1.29 is 15.0 Å². The molecular formula is C12H14BrNO3. The van der Waals surface area contributed by atoms with Crippen molar-refractivity contribution in [3.63, 3.8) is 0 Å². The Labute approximate surface area is 108 Å². The van der Waals surface area contributed by atoms with Gasteiger partial charge < -0.3 is 15.1 Å². The number of phenolic OH excluding ortho intramolecular Hbond substituents is 2. The minimum absolute atomic E-state index is 0.0433. The molecule has 1 amide bonds. The van der Waals surface area contributed by atoms with Crippen LogP contribution in [0.2, 0.25) is 0 Å². The summed E-state index contributed by atoms with van der Waals surface area (Å²) in [5.41, 5.74) is 0.246. The summed E-state index contributed by atoms with van der Waals surface area (Å²) in [6.45, 7) is 1.38. The molecule has 1 aliphatic rings. The van der Waals surface area contributed by atoms with Crippen LogP contribution in [0.25, 0.3) is 0 Å². The molecule has 92 valence electrons. The number of benzene rings is 1. The zero-order valence-electron chi connectivity index (χ0n) is 9.27. The SMILES string of the molecule is O=C(c1ccc(O)cc1O)N1CCC(Br)CC1. The van der Waals surface area contributed by atoms with Crippen LogP contribution in [0.5, 0.6) is 11.5 Å². The lowest BCUT2D eigenvalue weighted by Crippen LogP contribution is -2.38. The summed E-state index contributed by atoms with van der Waals surface area (Å²) >= 11 is 3.52. The van der Waals surface area contributed by atoms with Crippen molar-refractivity contribution in [2.75, 3.05) is 13.1 Å². The van der Waals surface area contributed by atoms with Crippen LogP contribution < -0.4 is 0 Å². The lowest BCUT2D eigenvalue weighted by molar-refractivity contribution is 0.0725. The molecule has 0 bridgehead atoms. The number of piperidine rings is 1. The Balaban J connectivity index is 2.14. The highest BCUT2D eigenvalue weighted by atomic mass is 79.9. The van der Waals surface area contributed by atoms with Gasteiger partial charge in [0.15, 0.2) is 0 Å². The Morgan fingerprint density at radius 1 is 1.29 bits per heavy atom. The highest BCUT2D eigenvalue weighted by Gasteiger charge is 2.23. The first kappa shape index (κ1) is 12.2. The minimum Gasteiger partial charge on any atom is -0.508 e. The van der Waals surface area contributed by atoms with Gasteiger partial charge in [-0.25, -0.2) is 0 Å². The van der Waals surface area contributed by atoms with Gasteiger partial charge in [0.2, 0.25) is 0 Å². The van der Waals surface area contributed by atoms with E-state index < -0.39 is 0 Å². The molecule has 1 saturated heterocycles. The van der Waals surface area contributed by atoms with Gasteiger partial charge in [-0.05, 0) is 25.0 Å². The third-order valence-electron chi connectivity index (χ3n) is 2.92. The molecule has 0 radical (unpaired) electrons. The van der Waals surface area contributed by atoms with Crippen LogP contribution in [-0.4, -0.2) is 38.9 Å². The van der Waals surface area contributed by atoms with Crippen LogP contribution in [0, 0.1) is 0 Å². The lowest BCUT2D eigenvalue weighted by atomic mass is 10.1. The van der Waals surface area contributed by atoms with Crippen LogP contribution in [0.1, 0.15) is 23.2 Å². The van der Waals surface area contributed by atoms with Gasteiger partial charge in [0.1, 0.15) is 11.5 Å². The van der Waals surface area contributed by atoms with Gasteiger partial charge in [0, 0.05) is 24.0 Å². The standard InChI is InChI=1S/C12H14BrNO3/c13-8-3-5-14(6-4-8)12(17)10-2-1-9(15)7-11(10)16/h1-2,7-8,15-16H,3-6H2. The molecule has 1 heterocycles. The number of amides is 1. The Hall–Kier alpha value is -1.23. The maximum Gasteiger partial charge on any atom is 0.257 e. The maximum absolute atomic E-state index is 12.1. The topological polar surface area (TPSA) is 60.8 Å². The predicted molar refractivity (Wildman–Crippen MR) is 67.6 cm³/mol. The number of phenols is 2. The number of hydrogen-bond donors (Lipinski definition) is 2. The molecule has 1 aliphatic heterocycles. The zero-order chi connectivity index (χ0) is 12.4. The molecule has 0 aliphatic carbocycles. The number of nitrogens with zero attached hydrogens (tertiary/aromatic N) is 1. The van der Waals surface area contributed by atoms with Crippen molar-refractivity contribution >= 4 is 21.8 Å². The number of rotatable bonds is 1. The number of likely N-dealkylation sites (tertiary alicyclic amines) is 1. The zero-order valence-corrected chi connectivity index (χ0v) is 10.9. The number of carbonyl (C=O) groups is 1. The highest BCUT2D eigenvalue weighted by molar-refractivity contribution is 9.09. The molecule has 1 aromatic carbocycles. The third-order valence-corrected chi connectivity index (χ3v) is 3.84. The largest absolute Gasteiger partial charge is 0.508 e. The smallest absolute Gasteiger partial charge is 0.257 e. The fourth-order valence-electron chi connectivity index (χ4n) is 1.92. The maximum atomic E-state index is 12.1.